The molecule has 1 N–H and O–H groups in total. The van der Waals surface area contributed by atoms with Crippen molar-refractivity contribution in [1.82, 2.24) is 34.9 Å². The van der Waals surface area contributed by atoms with Crippen LogP contribution in [-0.2, 0) is 0 Å². The second-order valence-electron chi connectivity index (χ2n) is 6.89. The third-order valence-electron chi connectivity index (χ3n) is 4.67. The van der Waals surface area contributed by atoms with Crippen LogP contribution in [0.4, 0.5) is 0 Å². The maximum Gasteiger partial charge on any atom is 0.200 e. The summed E-state index contributed by atoms with van der Waals surface area (Å²) < 4.78 is 1.68. The molecule has 0 aliphatic carbocycles. The molecule has 5 aromatic rings. The number of hydrogen-bond donors (Lipinski definition) is 1. The molecule has 0 radical (unpaired) electrons. The number of H-pyrrole nitrogens is 1. The first kappa shape index (κ1) is 19.4. The Bertz CT molecular complexity index is 1370. The van der Waals surface area contributed by atoms with Gasteiger partial charge in [0.1, 0.15) is 21.7 Å². The van der Waals surface area contributed by atoms with Crippen molar-refractivity contribution < 1.29 is 0 Å². The van der Waals surface area contributed by atoms with Crippen molar-refractivity contribution in [1.29, 1.82) is 0 Å². The number of benzene rings is 1. The standard InChI is InChI=1S/C22H15Cl2N7/c1-13-5-7-14(8-6-13)17-12-18(29-28-17)22-27-21(16-3-2-4-19(23)26-16)30-31(22)15-9-10-25-20(24)11-15/h2-12H,1H3,(H,28,29). The van der Waals surface area contributed by atoms with Crippen molar-refractivity contribution in [3.63, 3.8) is 0 Å². The highest BCUT2D eigenvalue weighted by Crippen LogP contribution is 2.27. The average molecular weight is 448 g/mol. The summed E-state index contributed by atoms with van der Waals surface area (Å²) in [6.45, 7) is 2.05. The van der Waals surface area contributed by atoms with Crippen molar-refractivity contribution in [3.8, 4) is 40.0 Å². The van der Waals surface area contributed by atoms with Gasteiger partial charge in [-0.1, -0.05) is 59.1 Å². The molecule has 0 fully saturated rings. The Morgan fingerprint density at radius 2 is 1.71 bits per heavy atom. The molecule has 152 valence electrons. The summed E-state index contributed by atoms with van der Waals surface area (Å²) in [7, 11) is 0. The predicted molar refractivity (Wildman–Crippen MR) is 120 cm³/mol. The maximum absolute atomic E-state index is 6.11. The zero-order chi connectivity index (χ0) is 21.4. The van der Waals surface area contributed by atoms with Crippen molar-refractivity contribution in [3.05, 3.63) is 82.7 Å². The first-order chi connectivity index (χ1) is 15.1. The van der Waals surface area contributed by atoms with E-state index in [1.54, 1.807) is 41.2 Å². The second kappa shape index (κ2) is 7.94. The van der Waals surface area contributed by atoms with E-state index in [9.17, 15) is 0 Å². The highest BCUT2D eigenvalue weighted by atomic mass is 35.5. The Balaban J connectivity index is 1.64. The van der Waals surface area contributed by atoms with E-state index >= 15 is 0 Å². The van der Waals surface area contributed by atoms with Crippen LogP contribution < -0.4 is 0 Å². The lowest BCUT2D eigenvalue weighted by atomic mass is 10.1. The van der Waals surface area contributed by atoms with Gasteiger partial charge in [-0.05, 0) is 31.2 Å². The fourth-order valence-electron chi connectivity index (χ4n) is 3.14. The van der Waals surface area contributed by atoms with E-state index in [-0.39, 0.29) is 0 Å². The number of aromatic nitrogens is 7. The third-order valence-corrected chi connectivity index (χ3v) is 5.09. The van der Waals surface area contributed by atoms with Crippen LogP contribution in [0.3, 0.4) is 0 Å². The number of halogens is 2. The Hall–Kier alpha value is -3.55. The van der Waals surface area contributed by atoms with Crippen molar-refractivity contribution in [2.24, 2.45) is 0 Å². The minimum absolute atomic E-state index is 0.353. The van der Waals surface area contributed by atoms with Gasteiger partial charge in [0.2, 0.25) is 5.82 Å². The zero-order valence-electron chi connectivity index (χ0n) is 16.3. The number of nitrogens with zero attached hydrogens (tertiary/aromatic N) is 6. The smallest absolute Gasteiger partial charge is 0.200 e. The van der Waals surface area contributed by atoms with Crippen LogP contribution in [0.15, 0.2) is 66.9 Å². The summed E-state index contributed by atoms with van der Waals surface area (Å²) in [5, 5.41) is 12.9. The molecule has 9 heteroatoms. The van der Waals surface area contributed by atoms with Gasteiger partial charge in [-0.2, -0.15) is 5.10 Å². The summed E-state index contributed by atoms with van der Waals surface area (Å²) in [5.74, 6) is 0.988. The van der Waals surface area contributed by atoms with Gasteiger partial charge in [0.05, 0.1) is 11.4 Å². The molecule has 0 saturated carbocycles. The van der Waals surface area contributed by atoms with Crippen LogP contribution >= 0.6 is 23.2 Å². The molecule has 0 atom stereocenters. The second-order valence-corrected chi connectivity index (χ2v) is 7.66. The number of aromatic amines is 1. The zero-order valence-corrected chi connectivity index (χ0v) is 17.8. The van der Waals surface area contributed by atoms with Crippen LogP contribution in [0.1, 0.15) is 5.56 Å². The van der Waals surface area contributed by atoms with Crippen molar-refractivity contribution in [2.75, 3.05) is 0 Å². The molecule has 31 heavy (non-hydrogen) atoms. The van der Waals surface area contributed by atoms with Gasteiger partial charge >= 0.3 is 0 Å². The topological polar surface area (TPSA) is 85.2 Å². The summed E-state index contributed by atoms with van der Waals surface area (Å²) in [6.07, 6.45) is 1.62. The van der Waals surface area contributed by atoms with Gasteiger partial charge in [-0.25, -0.2) is 19.6 Å². The van der Waals surface area contributed by atoms with Gasteiger partial charge in [0.15, 0.2) is 5.82 Å². The minimum atomic E-state index is 0.353. The predicted octanol–water partition coefficient (Wildman–Crippen LogP) is 5.40. The molecule has 0 unspecified atom stereocenters. The Kier molecular flexibility index (Phi) is 4.97. The minimum Gasteiger partial charge on any atom is -0.274 e. The van der Waals surface area contributed by atoms with E-state index in [0.29, 0.717) is 39.0 Å². The van der Waals surface area contributed by atoms with Crippen LogP contribution in [0, 0.1) is 6.92 Å². The summed E-state index contributed by atoms with van der Waals surface area (Å²) in [5.41, 5.74) is 4.97. The molecule has 0 saturated heterocycles. The van der Waals surface area contributed by atoms with Crippen molar-refractivity contribution >= 4 is 23.2 Å². The number of nitrogens with one attached hydrogen (secondary N) is 1. The first-order valence-corrected chi connectivity index (χ1v) is 10.2. The molecule has 5 rings (SSSR count). The van der Waals surface area contributed by atoms with Crippen LogP contribution in [0.25, 0.3) is 40.0 Å². The van der Waals surface area contributed by atoms with Gasteiger partial charge in [-0.3, -0.25) is 5.10 Å². The van der Waals surface area contributed by atoms with E-state index in [0.717, 1.165) is 11.3 Å². The number of rotatable bonds is 4. The summed E-state index contributed by atoms with van der Waals surface area (Å²) in [6, 6.07) is 18.9. The highest BCUT2D eigenvalue weighted by Gasteiger charge is 2.18. The Morgan fingerprint density at radius 1 is 0.871 bits per heavy atom. The number of hydrogen-bond acceptors (Lipinski definition) is 5. The average Bonchev–Trinajstić information content (AvgIpc) is 3.42. The molecular weight excluding hydrogens is 433 g/mol. The first-order valence-electron chi connectivity index (χ1n) is 9.41. The molecule has 7 nitrogen and oxygen atoms in total. The van der Waals surface area contributed by atoms with E-state index in [4.69, 9.17) is 28.2 Å². The van der Waals surface area contributed by atoms with Crippen LogP contribution in [0.5, 0.6) is 0 Å². The fraction of sp³-hybridized carbons (Fsp3) is 0.0455. The van der Waals surface area contributed by atoms with Gasteiger partial charge in [0, 0.05) is 17.8 Å². The molecule has 4 aromatic heterocycles. The molecule has 1 aromatic carbocycles. The lowest BCUT2D eigenvalue weighted by Crippen LogP contribution is -2.00. The molecule has 0 bridgehead atoms. The molecule has 0 amide bonds. The highest BCUT2D eigenvalue weighted by molar-refractivity contribution is 6.29. The molecule has 0 spiro atoms. The van der Waals surface area contributed by atoms with Gasteiger partial charge in [-0.15, -0.1) is 5.10 Å². The van der Waals surface area contributed by atoms with Gasteiger partial charge < -0.3 is 0 Å². The van der Waals surface area contributed by atoms with Crippen LogP contribution in [0.2, 0.25) is 10.3 Å². The van der Waals surface area contributed by atoms with Crippen LogP contribution in [-0.4, -0.2) is 34.9 Å². The number of pyridine rings is 2. The SMILES string of the molecule is Cc1ccc(-c2cc(-c3nc(-c4cccc(Cl)n4)nn3-c3ccnc(Cl)c3)[nH]n2)cc1. The molecule has 4 heterocycles. The van der Waals surface area contributed by atoms with E-state index in [1.165, 1.54) is 5.56 Å². The van der Waals surface area contributed by atoms with Crippen molar-refractivity contribution in [2.45, 2.75) is 6.92 Å². The van der Waals surface area contributed by atoms with E-state index in [2.05, 4.69) is 25.3 Å². The Labute approximate surface area is 187 Å². The molecular formula is C22H15Cl2N7. The molecule has 0 aliphatic heterocycles. The van der Waals surface area contributed by atoms with E-state index < -0.39 is 0 Å². The Morgan fingerprint density at radius 3 is 2.48 bits per heavy atom. The lowest BCUT2D eigenvalue weighted by Gasteiger charge is -2.04. The molecule has 0 aliphatic rings. The third kappa shape index (κ3) is 3.93. The fourth-order valence-corrected chi connectivity index (χ4v) is 3.47. The monoisotopic (exact) mass is 447 g/mol. The summed E-state index contributed by atoms with van der Waals surface area (Å²) in [4.78, 5) is 13.1. The largest absolute Gasteiger partial charge is 0.274 e. The van der Waals surface area contributed by atoms with E-state index in [1.807, 2.05) is 37.3 Å². The maximum atomic E-state index is 6.11. The number of aryl methyl sites for hydroxylation is 1. The lowest BCUT2D eigenvalue weighted by molar-refractivity contribution is 0.879. The van der Waals surface area contributed by atoms with Gasteiger partial charge in [0.25, 0.3) is 0 Å². The summed E-state index contributed by atoms with van der Waals surface area (Å²) >= 11 is 12.2. The normalized spacial score (nSPS) is 11.1. The quantitative estimate of drug-likeness (QED) is 0.373.